The highest BCUT2D eigenvalue weighted by Crippen LogP contribution is 2.45. The molecule has 0 aromatic heterocycles. The summed E-state index contributed by atoms with van der Waals surface area (Å²) in [5.74, 6) is -1.93. The minimum absolute atomic E-state index is 0.0260. The fourth-order valence-electron chi connectivity index (χ4n) is 3.89. The average molecular weight is 531 g/mol. The van der Waals surface area contributed by atoms with Crippen LogP contribution in [0.5, 0.6) is 11.5 Å². The second kappa shape index (κ2) is 10.7. The highest BCUT2D eigenvalue weighted by molar-refractivity contribution is 7.97. The van der Waals surface area contributed by atoms with E-state index in [0.29, 0.717) is 17.1 Å². The largest absolute Gasteiger partial charge is 0.493 e. The highest BCUT2D eigenvalue weighted by Gasteiger charge is 2.40. The maximum absolute atomic E-state index is 13.7. The number of esters is 2. The number of methoxy groups -OCH3 is 4. The molecule has 3 rings (SSSR count). The van der Waals surface area contributed by atoms with Gasteiger partial charge in [0.05, 0.1) is 57.5 Å². The Kier molecular flexibility index (Phi) is 7.92. The van der Waals surface area contributed by atoms with Crippen LogP contribution < -0.4 is 19.1 Å². The molecule has 0 saturated carbocycles. The molecule has 12 heteroatoms. The Bertz CT molecular complexity index is 1430. The minimum Gasteiger partial charge on any atom is -0.493 e. The molecule has 0 aliphatic carbocycles. The van der Waals surface area contributed by atoms with Gasteiger partial charge in [-0.2, -0.15) is 0 Å². The molecule has 0 bridgehead atoms. The molecule has 196 valence electrons. The summed E-state index contributed by atoms with van der Waals surface area (Å²) in [7, 11) is 0.771. The summed E-state index contributed by atoms with van der Waals surface area (Å²) in [6, 6.07) is 6.85. The van der Waals surface area contributed by atoms with Gasteiger partial charge in [-0.15, -0.1) is 6.58 Å². The number of carbonyl (C=O) groups is 3. The molecule has 0 unspecified atom stereocenters. The second-order valence-corrected chi connectivity index (χ2v) is 9.50. The van der Waals surface area contributed by atoms with Gasteiger partial charge in [-0.3, -0.25) is 9.10 Å². The van der Waals surface area contributed by atoms with E-state index in [2.05, 4.69) is 11.9 Å². The second-order valence-electron chi connectivity index (χ2n) is 7.70. The molecule has 1 aliphatic rings. The topological polar surface area (TPSA) is 138 Å². The van der Waals surface area contributed by atoms with Crippen LogP contribution in [-0.2, 0) is 24.3 Å². The average Bonchev–Trinajstić information content (AvgIpc) is 2.89. The zero-order chi connectivity index (χ0) is 27.5. The number of rotatable bonds is 8. The molecule has 1 N–H and O–H groups in total. The van der Waals surface area contributed by atoms with E-state index in [0.717, 1.165) is 11.4 Å². The van der Waals surface area contributed by atoms with Gasteiger partial charge >= 0.3 is 11.9 Å². The molecule has 37 heavy (non-hydrogen) atoms. The molecule has 1 heterocycles. The Labute approximate surface area is 214 Å². The number of nitrogens with one attached hydrogen (secondary N) is 1. The summed E-state index contributed by atoms with van der Waals surface area (Å²) >= 11 is 0. The van der Waals surface area contributed by atoms with Crippen molar-refractivity contribution in [2.75, 3.05) is 44.6 Å². The number of benzene rings is 2. The van der Waals surface area contributed by atoms with Crippen LogP contribution in [0.15, 0.2) is 47.9 Å². The van der Waals surface area contributed by atoms with Crippen LogP contribution in [-0.4, -0.2) is 61.2 Å². The molecule has 0 saturated heterocycles. The van der Waals surface area contributed by atoms with Crippen LogP contribution >= 0.6 is 0 Å². The van der Waals surface area contributed by atoms with E-state index in [1.807, 2.05) is 0 Å². The van der Waals surface area contributed by atoms with Gasteiger partial charge < -0.3 is 24.3 Å². The Hall–Kier alpha value is -4.32. The van der Waals surface area contributed by atoms with E-state index >= 15 is 0 Å². The fourth-order valence-corrected chi connectivity index (χ4v) is 5.61. The number of fused-ring (bicyclic) bond motifs is 1. The number of allylic oxidation sites excluding steroid dienone is 1. The minimum atomic E-state index is -4.40. The van der Waals surface area contributed by atoms with Crippen LogP contribution in [0.4, 0.5) is 11.4 Å². The number of hydrogen-bond donors (Lipinski definition) is 1. The standard InChI is InChI=1S/C25H26N2O9S/c1-7-10-27-19-13-21(34-4)20(33-3)12-17(19)14(2)22(37(27,31)32)23(28)26-18-11-15(24(29)35-5)8-9-16(18)25(30)36-6/h7-9,11-13H,1,10H2,2-6H3,(H,26,28). The Morgan fingerprint density at radius 1 is 0.973 bits per heavy atom. The number of hydrogen-bond acceptors (Lipinski definition) is 9. The predicted octanol–water partition coefficient (Wildman–Crippen LogP) is 2.98. The van der Waals surface area contributed by atoms with Crippen molar-refractivity contribution in [1.82, 2.24) is 0 Å². The first-order chi connectivity index (χ1) is 17.5. The summed E-state index contributed by atoms with van der Waals surface area (Å²) in [5, 5.41) is 2.45. The van der Waals surface area contributed by atoms with Crippen molar-refractivity contribution < 1.29 is 41.7 Å². The Morgan fingerprint density at radius 3 is 2.16 bits per heavy atom. The number of carbonyl (C=O) groups excluding carboxylic acids is 3. The number of ether oxygens (including phenoxy) is 4. The lowest BCUT2D eigenvalue weighted by Crippen LogP contribution is -2.39. The van der Waals surface area contributed by atoms with Gasteiger partial charge in [0.15, 0.2) is 16.4 Å². The quantitative estimate of drug-likeness (QED) is 0.403. The normalized spacial score (nSPS) is 13.8. The van der Waals surface area contributed by atoms with Crippen LogP contribution in [0.25, 0.3) is 5.57 Å². The van der Waals surface area contributed by atoms with Crippen LogP contribution in [0, 0.1) is 0 Å². The van der Waals surface area contributed by atoms with E-state index in [1.54, 1.807) is 6.07 Å². The van der Waals surface area contributed by atoms with E-state index < -0.39 is 32.8 Å². The monoisotopic (exact) mass is 530 g/mol. The van der Waals surface area contributed by atoms with Crippen molar-refractivity contribution in [2.45, 2.75) is 6.92 Å². The van der Waals surface area contributed by atoms with E-state index in [9.17, 15) is 22.8 Å². The van der Waals surface area contributed by atoms with Gasteiger partial charge in [-0.05, 0) is 36.8 Å². The predicted molar refractivity (Wildman–Crippen MR) is 136 cm³/mol. The molecule has 2 aromatic rings. The zero-order valence-corrected chi connectivity index (χ0v) is 21.7. The highest BCUT2D eigenvalue weighted by atomic mass is 32.2. The molecular weight excluding hydrogens is 504 g/mol. The Morgan fingerprint density at radius 2 is 1.59 bits per heavy atom. The lowest BCUT2D eigenvalue weighted by molar-refractivity contribution is -0.112. The summed E-state index contributed by atoms with van der Waals surface area (Å²) in [4.78, 5) is 37.3. The first kappa shape index (κ1) is 27.3. The molecule has 0 radical (unpaired) electrons. The molecule has 2 aromatic carbocycles. The fraction of sp³-hybridized carbons (Fsp3) is 0.240. The molecular formula is C25H26N2O9S. The molecule has 0 fully saturated rings. The van der Waals surface area contributed by atoms with Gasteiger partial charge in [0.2, 0.25) is 0 Å². The van der Waals surface area contributed by atoms with Crippen molar-refractivity contribution in [1.29, 1.82) is 0 Å². The zero-order valence-electron chi connectivity index (χ0n) is 20.9. The van der Waals surface area contributed by atoms with Crippen LogP contribution in [0.3, 0.4) is 0 Å². The van der Waals surface area contributed by atoms with Crippen LogP contribution in [0.2, 0.25) is 0 Å². The van der Waals surface area contributed by atoms with Crippen LogP contribution in [0.1, 0.15) is 33.2 Å². The SMILES string of the molecule is C=CCN1c2cc(OC)c(OC)cc2C(C)=C(C(=O)Nc2cc(C(=O)OC)ccc2C(=O)OC)S1(=O)=O. The summed E-state index contributed by atoms with van der Waals surface area (Å²) < 4.78 is 48.5. The van der Waals surface area contributed by atoms with Gasteiger partial charge in [-0.1, -0.05) is 6.08 Å². The van der Waals surface area contributed by atoms with Gasteiger partial charge in [-0.25, -0.2) is 18.0 Å². The third-order valence-corrected chi connectivity index (χ3v) is 7.59. The maximum Gasteiger partial charge on any atom is 0.339 e. The number of nitrogens with zero attached hydrogens (tertiary/aromatic N) is 1. The van der Waals surface area contributed by atoms with Gasteiger partial charge in [0.1, 0.15) is 0 Å². The summed E-state index contributed by atoms with van der Waals surface area (Å²) in [6.07, 6.45) is 1.38. The third kappa shape index (κ3) is 4.87. The smallest absolute Gasteiger partial charge is 0.339 e. The molecule has 11 nitrogen and oxygen atoms in total. The molecule has 0 spiro atoms. The van der Waals surface area contributed by atoms with E-state index in [4.69, 9.17) is 18.9 Å². The number of sulfonamides is 1. The van der Waals surface area contributed by atoms with Crippen molar-refractivity contribution in [3.05, 3.63) is 64.6 Å². The van der Waals surface area contributed by atoms with Crippen molar-refractivity contribution in [2.24, 2.45) is 0 Å². The Balaban J connectivity index is 2.22. The van der Waals surface area contributed by atoms with Crippen molar-refractivity contribution >= 4 is 44.8 Å². The lowest BCUT2D eigenvalue weighted by atomic mass is 10.0. The first-order valence-corrected chi connectivity index (χ1v) is 12.2. The molecule has 1 amide bonds. The first-order valence-electron chi connectivity index (χ1n) is 10.8. The van der Waals surface area contributed by atoms with Gasteiger partial charge in [0.25, 0.3) is 15.9 Å². The molecule has 1 aliphatic heterocycles. The third-order valence-electron chi connectivity index (χ3n) is 5.66. The van der Waals surface area contributed by atoms with E-state index in [-0.39, 0.29) is 34.6 Å². The van der Waals surface area contributed by atoms with Gasteiger partial charge in [0, 0.05) is 11.6 Å². The number of anilines is 2. The summed E-state index contributed by atoms with van der Waals surface area (Å²) in [5.41, 5.74) is 0.620. The lowest BCUT2D eigenvalue weighted by Gasteiger charge is -2.32. The van der Waals surface area contributed by atoms with Crippen molar-refractivity contribution in [3.63, 3.8) is 0 Å². The summed E-state index contributed by atoms with van der Waals surface area (Å²) in [6.45, 7) is 4.97. The van der Waals surface area contributed by atoms with Crippen molar-refractivity contribution in [3.8, 4) is 11.5 Å². The van der Waals surface area contributed by atoms with E-state index in [1.165, 1.54) is 58.6 Å². The number of amides is 1. The molecule has 0 atom stereocenters. The maximum atomic E-state index is 13.7.